The zero-order chi connectivity index (χ0) is 9.10. The van der Waals surface area contributed by atoms with Gasteiger partial charge in [0.2, 0.25) is 5.95 Å². The summed E-state index contributed by atoms with van der Waals surface area (Å²) in [5.41, 5.74) is 1.15. The van der Waals surface area contributed by atoms with Crippen LogP contribution < -0.4 is 5.32 Å². The number of piperidine rings is 1. The standard InChI is InChI=1S/C10H13FN2.2ClH/c11-10-4-3-9(7-13-10)8-2-1-5-12-6-8;;/h3-4,7-8,12H,1-2,5-6H2;2*1H. The summed E-state index contributed by atoms with van der Waals surface area (Å²) in [5, 5.41) is 3.33. The molecule has 2 rings (SSSR count). The molecule has 0 amide bonds. The molecule has 0 aromatic carbocycles. The first-order valence-electron chi connectivity index (χ1n) is 4.68. The van der Waals surface area contributed by atoms with Gasteiger partial charge in [-0.05, 0) is 36.9 Å². The second kappa shape index (κ2) is 6.99. The Hall–Kier alpha value is -0.380. The van der Waals surface area contributed by atoms with Gasteiger partial charge in [-0.25, -0.2) is 4.98 Å². The van der Waals surface area contributed by atoms with Crippen molar-refractivity contribution in [3.05, 3.63) is 29.8 Å². The van der Waals surface area contributed by atoms with Gasteiger partial charge < -0.3 is 5.32 Å². The maximum absolute atomic E-state index is 12.5. The van der Waals surface area contributed by atoms with E-state index < -0.39 is 5.95 Å². The molecular weight excluding hydrogens is 238 g/mol. The van der Waals surface area contributed by atoms with Crippen molar-refractivity contribution in [3.63, 3.8) is 0 Å². The molecule has 0 bridgehead atoms. The minimum absolute atomic E-state index is 0. The lowest BCUT2D eigenvalue weighted by Gasteiger charge is -2.22. The fraction of sp³-hybridized carbons (Fsp3) is 0.500. The van der Waals surface area contributed by atoms with Gasteiger partial charge in [-0.1, -0.05) is 6.07 Å². The maximum atomic E-state index is 12.5. The van der Waals surface area contributed by atoms with E-state index in [0.29, 0.717) is 5.92 Å². The molecule has 5 heteroatoms. The number of pyridine rings is 1. The summed E-state index contributed by atoms with van der Waals surface area (Å²) < 4.78 is 12.5. The Morgan fingerprint density at radius 3 is 2.67 bits per heavy atom. The molecule has 86 valence electrons. The maximum Gasteiger partial charge on any atom is 0.212 e. The molecule has 1 aliphatic heterocycles. The number of rotatable bonds is 1. The molecule has 1 aliphatic rings. The van der Waals surface area contributed by atoms with Crippen molar-refractivity contribution in [2.24, 2.45) is 0 Å². The fourth-order valence-electron chi connectivity index (χ4n) is 1.77. The number of nitrogens with zero attached hydrogens (tertiary/aromatic N) is 1. The Balaban J connectivity index is 0.000000980. The van der Waals surface area contributed by atoms with Crippen molar-refractivity contribution < 1.29 is 4.39 Å². The Bertz CT molecular complexity index is 273. The van der Waals surface area contributed by atoms with Gasteiger partial charge in [0.05, 0.1) is 0 Å². The van der Waals surface area contributed by atoms with Crippen LogP contribution in [0, 0.1) is 5.95 Å². The van der Waals surface area contributed by atoms with E-state index >= 15 is 0 Å². The SMILES string of the molecule is Cl.Cl.Fc1ccc(C2CCCNC2)cn1. The summed E-state index contributed by atoms with van der Waals surface area (Å²) in [5.74, 6) is 0.120. The summed E-state index contributed by atoms with van der Waals surface area (Å²) >= 11 is 0. The zero-order valence-electron chi connectivity index (χ0n) is 8.28. The number of hydrogen-bond acceptors (Lipinski definition) is 2. The Labute approximate surface area is 101 Å². The zero-order valence-corrected chi connectivity index (χ0v) is 9.91. The minimum atomic E-state index is -0.396. The van der Waals surface area contributed by atoms with E-state index in [4.69, 9.17) is 0 Å². The predicted molar refractivity (Wildman–Crippen MR) is 63.5 cm³/mol. The molecule has 0 aliphatic carbocycles. The van der Waals surface area contributed by atoms with Crippen LogP contribution in [0.15, 0.2) is 18.3 Å². The molecule has 1 aromatic heterocycles. The summed E-state index contributed by atoms with van der Waals surface area (Å²) in [6, 6.07) is 3.27. The summed E-state index contributed by atoms with van der Waals surface area (Å²) in [6.45, 7) is 2.10. The largest absolute Gasteiger partial charge is 0.316 e. The van der Waals surface area contributed by atoms with E-state index in [1.165, 1.54) is 18.9 Å². The summed E-state index contributed by atoms with van der Waals surface area (Å²) in [6.07, 6.45) is 4.02. The highest BCUT2D eigenvalue weighted by molar-refractivity contribution is 5.85. The van der Waals surface area contributed by atoms with E-state index in [-0.39, 0.29) is 24.8 Å². The highest BCUT2D eigenvalue weighted by atomic mass is 35.5. The van der Waals surface area contributed by atoms with Gasteiger partial charge in [-0.15, -0.1) is 24.8 Å². The molecule has 1 atom stereocenters. The quantitative estimate of drug-likeness (QED) is 0.778. The van der Waals surface area contributed by atoms with Crippen molar-refractivity contribution in [2.45, 2.75) is 18.8 Å². The third-order valence-corrected chi connectivity index (χ3v) is 2.52. The molecule has 2 heterocycles. The first-order chi connectivity index (χ1) is 6.36. The lowest BCUT2D eigenvalue weighted by Crippen LogP contribution is -2.28. The van der Waals surface area contributed by atoms with Crippen LogP contribution in [0.1, 0.15) is 24.3 Å². The van der Waals surface area contributed by atoms with Gasteiger partial charge >= 0.3 is 0 Å². The molecule has 2 nitrogen and oxygen atoms in total. The molecule has 1 unspecified atom stereocenters. The Morgan fingerprint density at radius 2 is 2.13 bits per heavy atom. The Kier molecular flexibility index (Phi) is 6.81. The number of nitrogens with one attached hydrogen (secondary N) is 1. The van der Waals surface area contributed by atoms with Crippen molar-refractivity contribution >= 4 is 24.8 Å². The summed E-state index contributed by atoms with van der Waals surface area (Å²) in [7, 11) is 0. The van der Waals surface area contributed by atoms with Crippen LogP contribution in [-0.4, -0.2) is 18.1 Å². The molecule has 0 radical (unpaired) electrons. The average Bonchev–Trinajstić information content (AvgIpc) is 2.20. The van der Waals surface area contributed by atoms with Crippen molar-refractivity contribution in [1.29, 1.82) is 0 Å². The van der Waals surface area contributed by atoms with Gasteiger partial charge in [0.15, 0.2) is 0 Å². The van der Waals surface area contributed by atoms with E-state index in [1.807, 2.05) is 6.07 Å². The van der Waals surface area contributed by atoms with Crippen LogP contribution in [0.4, 0.5) is 4.39 Å². The van der Waals surface area contributed by atoms with Crippen LogP contribution in [0.5, 0.6) is 0 Å². The van der Waals surface area contributed by atoms with Crippen molar-refractivity contribution in [3.8, 4) is 0 Å². The number of halogens is 3. The molecule has 0 saturated carbocycles. The van der Waals surface area contributed by atoms with Gasteiger partial charge in [-0.2, -0.15) is 4.39 Å². The predicted octanol–water partition coefficient (Wildman–Crippen LogP) is 2.53. The van der Waals surface area contributed by atoms with Crippen molar-refractivity contribution in [1.82, 2.24) is 10.3 Å². The molecule has 0 spiro atoms. The minimum Gasteiger partial charge on any atom is -0.316 e. The van der Waals surface area contributed by atoms with Gasteiger partial charge in [0.25, 0.3) is 0 Å². The third kappa shape index (κ3) is 3.93. The first-order valence-corrected chi connectivity index (χ1v) is 4.68. The first kappa shape index (κ1) is 14.6. The van der Waals surface area contributed by atoms with Gasteiger partial charge in [0.1, 0.15) is 0 Å². The fourth-order valence-corrected chi connectivity index (χ4v) is 1.77. The number of hydrogen-bond donors (Lipinski definition) is 1. The lowest BCUT2D eigenvalue weighted by atomic mass is 9.93. The Morgan fingerprint density at radius 1 is 1.33 bits per heavy atom. The molecule has 1 fully saturated rings. The van der Waals surface area contributed by atoms with Crippen LogP contribution in [0.2, 0.25) is 0 Å². The highest BCUT2D eigenvalue weighted by Crippen LogP contribution is 2.21. The molecule has 1 N–H and O–H groups in total. The molecular formula is C10H15Cl2FN2. The lowest BCUT2D eigenvalue weighted by molar-refractivity contribution is 0.459. The van der Waals surface area contributed by atoms with Crippen molar-refractivity contribution in [2.75, 3.05) is 13.1 Å². The smallest absolute Gasteiger partial charge is 0.212 e. The van der Waals surface area contributed by atoms with Crippen LogP contribution in [0.25, 0.3) is 0 Å². The second-order valence-corrected chi connectivity index (χ2v) is 3.46. The molecule has 1 aromatic rings. The summed E-state index contributed by atoms with van der Waals surface area (Å²) in [4.78, 5) is 3.66. The van der Waals surface area contributed by atoms with E-state index in [0.717, 1.165) is 18.7 Å². The third-order valence-electron chi connectivity index (χ3n) is 2.52. The average molecular weight is 253 g/mol. The second-order valence-electron chi connectivity index (χ2n) is 3.46. The van der Waals surface area contributed by atoms with Gasteiger partial charge in [0, 0.05) is 12.7 Å². The normalized spacial score (nSPS) is 19.9. The molecule has 1 saturated heterocycles. The van der Waals surface area contributed by atoms with Crippen LogP contribution in [-0.2, 0) is 0 Å². The van der Waals surface area contributed by atoms with Gasteiger partial charge in [-0.3, -0.25) is 0 Å². The topological polar surface area (TPSA) is 24.9 Å². The number of aromatic nitrogens is 1. The van der Waals surface area contributed by atoms with Crippen LogP contribution in [0.3, 0.4) is 0 Å². The van der Waals surface area contributed by atoms with E-state index in [1.54, 1.807) is 6.20 Å². The highest BCUT2D eigenvalue weighted by Gasteiger charge is 2.14. The van der Waals surface area contributed by atoms with Crippen LogP contribution >= 0.6 is 24.8 Å². The molecule has 15 heavy (non-hydrogen) atoms. The van der Waals surface area contributed by atoms with E-state index in [2.05, 4.69) is 10.3 Å². The van der Waals surface area contributed by atoms with E-state index in [9.17, 15) is 4.39 Å². The monoisotopic (exact) mass is 252 g/mol.